The molecule has 0 N–H and O–H groups in total. The van der Waals surface area contributed by atoms with Crippen LogP contribution in [-0.2, 0) is 15.7 Å². The SMILES string of the molecule is Cc1cc(B2OC(C)(C)C(C)(C)O2)cc(CC(C)C)n1. The molecule has 0 aliphatic carbocycles. The van der Waals surface area contributed by atoms with Gasteiger partial charge in [-0.1, -0.05) is 13.8 Å². The molecule has 1 aliphatic heterocycles. The highest BCUT2D eigenvalue weighted by molar-refractivity contribution is 6.62. The molecule has 0 amide bonds. The van der Waals surface area contributed by atoms with E-state index < -0.39 is 0 Å². The lowest BCUT2D eigenvalue weighted by Gasteiger charge is -2.32. The molecule has 4 heteroatoms. The van der Waals surface area contributed by atoms with Gasteiger partial charge < -0.3 is 9.31 Å². The van der Waals surface area contributed by atoms with E-state index in [1.54, 1.807) is 0 Å². The molecule has 0 saturated carbocycles. The van der Waals surface area contributed by atoms with Gasteiger partial charge >= 0.3 is 7.12 Å². The summed E-state index contributed by atoms with van der Waals surface area (Å²) in [6.45, 7) is 14.8. The second-order valence-electron chi connectivity index (χ2n) is 7.22. The maximum absolute atomic E-state index is 6.12. The van der Waals surface area contributed by atoms with E-state index >= 15 is 0 Å². The van der Waals surface area contributed by atoms with Crippen LogP contribution in [-0.4, -0.2) is 23.3 Å². The molecular weight excluding hydrogens is 249 g/mol. The summed E-state index contributed by atoms with van der Waals surface area (Å²) in [6, 6.07) is 4.18. The Kier molecular flexibility index (Phi) is 4.00. The van der Waals surface area contributed by atoms with Gasteiger partial charge in [-0.25, -0.2) is 0 Å². The van der Waals surface area contributed by atoms with Gasteiger partial charge in [-0.3, -0.25) is 4.98 Å². The molecule has 1 fully saturated rings. The number of aromatic nitrogens is 1. The monoisotopic (exact) mass is 275 g/mol. The quantitative estimate of drug-likeness (QED) is 0.795. The first-order valence-electron chi connectivity index (χ1n) is 7.44. The van der Waals surface area contributed by atoms with Gasteiger partial charge in [0.15, 0.2) is 0 Å². The summed E-state index contributed by atoms with van der Waals surface area (Å²) >= 11 is 0. The summed E-state index contributed by atoms with van der Waals surface area (Å²) in [5.74, 6) is 0.593. The number of pyridine rings is 1. The van der Waals surface area contributed by atoms with Crippen molar-refractivity contribution < 1.29 is 9.31 Å². The first-order valence-corrected chi connectivity index (χ1v) is 7.44. The topological polar surface area (TPSA) is 31.4 Å². The Labute approximate surface area is 123 Å². The highest BCUT2D eigenvalue weighted by Gasteiger charge is 2.51. The fourth-order valence-corrected chi connectivity index (χ4v) is 2.40. The zero-order valence-electron chi connectivity index (χ0n) is 13.8. The molecule has 1 aliphatic rings. The van der Waals surface area contributed by atoms with Crippen LogP contribution in [0.1, 0.15) is 52.9 Å². The number of nitrogens with zero attached hydrogens (tertiary/aromatic N) is 1. The summed E-state index contributed by atoms with van der Waals surface area (Å²) in [6.07, 6.45) is 0.980. The van der Waals surface area contributed by atoms with Crippen molar-refractivity contribution in [2.75, 3.05) is 0 Å². The molecule has 0 unspecified atom stereocenters. The lowest BCUT2D eigenvalue weighted by atomic mass is 9.78. The van der Waals surface area contributed by atoms with E-state index in [4.69, 9.17) is 9.31 Å². The van der Waals surface area contributed by atoms with Crippen LogP contribution in [0.5, 0.6) is 0 Å². The molecular formula is C16H26BNO2. The van der Waals surface area contributed by atoms with Crippen molar-refractivity contribution >= 4 is 12.6 Å². The van der Waals surface area contributed by atoms with Gasteiger partial charge in [0.2, 0.25) is 0 Å². The van der Waals surface area contributed by atoms with Crippen molar-refractivity contribution in [1.82, 2.24) is 4.98 Å². The van der Waals surface area contributed by atoms with Crippen LogP contribution < -0.4 is 5.46 Å². The minimum absolute atomic E-state index is 0.299. The summed E-state index contributed by atoms with van der Waals surface area (Å²) in [4.78, 5) is 4.61. The van der Waals surface area contributed by atoms with Crippen molar-refractivity contribution in [3.8, 4) is 0 Å². The van der Waals surface area contributed by atoms with Gasteiger partial charge in [-0.15, -0.1) is 0 Å². The summed E-state index contributed by atoms with van der Waals surface area (Å²) in [5, 5.41) is 0. The van der Waals surface area contributed by atoms with Crippen LogP contribution in [0.3, 0.4) is 0 Å². The number of rotatable bonds is 3. The molecule has 2 heterocycles. The molecule has 0 bridgehead atoms. The average molecular weight is 275 g/mol. The predicted octanol–water partition coefficient (Wildman–Crippen LogP) is 2.89. The van der Waals surface area contributed by atoms with E-state index in [2.05, 4.69) is 58.7 Å². The molecule has 0 spiro atoms. The fraction of sp³-hybridized carbons (Fsp3) is 0.688. The van der Waals surface area contributed by atoms with Gasteiger partial charge in [0.25, 0.3) is 0 Å². The van der Waals surface area contributed by atoms with Crippen LogP contribution in [0, 0.1) is 12.8 Å². The summed E-state index contributed by atoms with van der Waals surface area (Å²) in [5.41, 5.74) is 2.62. The van der Waals surface area contributed by atoms with Crippen molar-refractivity contribution in [3.05, 3.63) is 23.5 Å². The zero-order valence-corrected chi connectivity index (χ0v) is 13.8. The lowest BCUT2D eigenvalue weighted by Crippen LogP contribution is -2.41. The molecule has 1 saturated heterocycles. The highest BCUT2D eigenvalue weighted by Crippen LogP contribution is 2.36. The van der Waals surface area contributed by atoms with Crippen LogP contribution in [0.2, 0.25) is 0 Å². The van der Waals surface area contributed by atoms with Gasteiger partial charge in [0.1, 0.15) is 0 Å². The minimum atomic E-state index is -0.299. The van der Waals surface area contributed by atoms with Gasteiger partial charge in [-0.2, -0.15) is 0 Å². The maximum Gasteiger partial charge on any atom is 0.494 e. The van der Waals surface area contributed by atoms with E-state index in [9.17, 15) is 0 Å². The minimum Gasteiger partial charge on any atom is -0.399 e. The highest BCUT2D eigenvalue weighted by atomic mass is 16.7. The third kappa shape index (κ3) is 3.07. The first kappa shape index (κ1) is 15.5. The normalized spacial score (nSPS) is 20.7. The number of hydrogen-bond donors (Lipinski definition) is 0. The van der Waals surface area contributed by atoms with E-state index in [-0.39, 0.29) is 18.3 Å². The summed E-state index contributed by atoms with van der Waals surface area (Å²) in [7, 11) is -0.299. The molecule has 110 valence electrons. The Morgan fingerprint density at radius 2 is 1.65 bits per heavy atom. The largest absolute Gasteiger partial charge is 0.494 e. The lowest BCUT2D eigenvalue weighted by molar-refractivity contribution is 0.00578. The third-order valence-electron chi connectivity index (χ3n) is 4.17. The van der Waals surface area contributed by atoms with Crippen LogP contribution in [0.15, 0.2) is 12.1 Å². The second-order valence-corrected chi connectivity index (χ2v) is 7.22. The molecule has 0 aromatic carbocycles. The Morgan fingerprint density at radius 1 is 1.10 bits per heavy atom. The van der Waals surface area contributed by atoms with E-state index in [0.717, 1.165) is 23.3 Å². The van der Waals surface area contributed by atoms with E-state index in [0.29, 0.717) is 5.92 Å². The van der Waals surface area contributed by atoms with Gasteiger partial charge in [0.05, 0.1) is 11.2 Å². The maximum atomic E-state index is 6.12. The number of aryl methyl sites for hydroxylation is 1. The Bertz CT molecular complexity index is 481. The molecule has 2 rings (SSSR count). The fourth-order valence-electron chi connectivity index (χ4n) is 2.40. The van der Waals surface area contributed by atoms with Gasteiger partial charge in [0, 0.05) is 11.4 Å². The molecule has 0 atom stereocenters. The molecule has 1 aromatic heterocycles. The van der Waals surface area contributed by atoms with Crippen molar-refractivity contribution in [3.63, 3.8) is 0 Å². The first-order chi connectivity index (χ1) is 9.10. The molecule has 1 aromatic rings. The average Bonchev–Trinajstić information content (AvgIpc) is 2.46. The van der Waals surface area contributed by atoms with Crippen LogP contribution >= 0.6 is 0 Å². The smallest absolute Gasteiger partial charge is 0.399 e. The zero-order chi connectivity index (χ0) is 15.1. The number of hydrogen-bond acceptors (Lipinski definition) is 3. The third-order valence-corrected chi connectivity index (χ3v) is 4.17. The Balaban J connectivity index is 2.28. The molecule has 20 heavy (non-hydrogen) atoms. The van der Waals surface area contributed by atoms with Crippen molar-refractivity contribution in [1.29, 1.82) is 0 Å². The van der Waals surface area contributed by atoms with Gasteiger partial charge in [-0.05, 0) is 64.6 Å². The Hall–Kier alpha value is -0.865. The summed E-state index contributed by atoms with van der Waals surface area (Å²) < 4.78 is 12.2. The predicted molar refractivity (Wildman–Crippen MR) is 83.2 cm³/mol. The van der Waals surface area contributed by atoms with Crippen molar-refractivity contribution in [2.24, 2.45) is 5.92 Å². The van der Waals surface area contributed by atoms with E-state index in [1.165, 1.54) is 0 Å². The van der Waals surface area contributed by atoms with E-state index in [1.807, 2.05) is 6.92 Å². The Morgan fingerprint density at radius 3 is 2.15 bits per heavy atom. The second kappa shape index (κ2) is 5.16. The van der Waals surface area contributed by atoms with Crippen LogP contribution in [0.4, 0.5) is 0 Å². The van der Waals surface area contributed by atoms with Crippen LogP contribution in [0.25, 0.3) is 0 Å². The standard InChI is InChI=1S/C16H26BNO2/c1-11(2)8-14-10-13(9-12(3)18-14)17-19-15(4,5)16(6,7)20-17/h9-11H,8H2,1-7H3. The molecule has 0 radical (unpaired) electrons. The van der Waals surface area contributed by atoms with Crippen molar-refractivity contribution in [2.45, 2.75) is 66.1 Å². The molecule has 3 nitrogen and oxygen atoms in total.